The number of carbonyl (C=O) groups is 1. The molecule has 0 aromatic carbocycles. The molecule has 94 valence electrons. The fraction of sp³-hybridized carbons (Fsp3) is 0.615. The summed E-state index contributed by atoms with van der Waals surface area (Å²) >= 11 is 0. The minimum atomic E-state index is 0.234. The Balaban J connectivity index is 1.86. The number of nitrogens with zero attached hydrogens (tertiary/aromatic N) is 1. The first-order chi connectivity index (χ1) is 8.29. The van der Waals surface area contributed by atoms with Gasteiger partial charge in [0.1, 0.15) is 5.76 Å². The van der Waals surface area contributed by atoms with Crippen LogP contribution in [0.1, 0.15) is 25.5 Å². The van der Waals surface area contributed by atoms with Gasteiger partial charge >= 0.3 is 0 Å². The van der Waals surface area contributed by atoms with Crippen LogP contribution in [0, 0.1) is 5.92 Å². The van der Waals surface area contributed by atoms with Crippen molar-refractivity contribution in [1.29, 1.82) is 0 Å². The zero-order valence-corrected chi connectivity index (χ0v) is 10.3. The van der Waals surface area contributed by atoms with E-state index >= 15 is 0 Å². The van der Waals surface area contributed by atoms with Crippen LogP contribution < -0.4 is 5.32 Å². The van der Waals surface area contributed by atoms with Gasteiger partial charge in [0.2, 0.25) is 5.91 Å². The van der Waals surface area contributed by atoms with Crippen molar-refractivity contribution in [3.8, 4) is 0 Å². The third kappa shape index (κ3) is 3.33. The predicted molar refractivity (Wildman–Crippen MR) is 65.4 cm³/mol. The molecule has 4 heteroatoms. The van der Waals surface area contributed by atoms with Gasteiger partial charge in [-0.05, 0) is 44.5 Å². The van der Waals surface area contributed by atoms with Crippen molar-refractivity contribution in [3.63, 3.8) is 0 Å². The van der Waals surface area contributed by atoms with Crippen LogP contribution in [0.3, 0.4) is 0 Å². The Morgan fingerprint density at radius 3 is 3.12 bits per heavy atom. The second-order valence-corrected chi connectivity index (χ2v) is 4.55. The van der Waals surface area contributed by atoms with E-state index in [2.05, 4.69) is 5.32 Å². The average molecular weight is 236 g/mol. The molecule has 1 unspecified atom stereocenters. The van der Waals surface area contributed by atoms with E-state index in [9.17, 15) is 4.79 Å². The topological polar surface area (TPSA) is 45.5 Å². The third-order valence-electron chi connectivity index (χ3n) is 3.29. The predicted octanol–water partition coefficient (Wildman–Crippen LogP) is 1.63. The van der Waals surface area contributed by atoms with Crippen molar-refractivity contribution in [2.24, 2.45) is 5.92 Å². The fourth-order valence-electron chi connectivity index (χ4n) is 2.23. The van der Waals surface area contributed by atoms with Crippen molar-refractivity contribution in [3.05, 3.63) is 24.2 Å². The maximum atomic E-state index is 12.1. The van der Waals surface area contributed by atoms with Crippen LogP contribution in [0.5, 0.6) is 0 Å². The van der Waals surface area contributed by atoms with E-state index in [1.165, 1.54) is 0 Å². The van der Waals surface area contributed by atoms with E-state index < -0.39 is 0 Å². The molecule has 1 amide bonds. The maximum Gasteiger partial charge on any atom is 0.223 e. The summed E-state index contributed by atoms with van der Waals surface area (Å²) in [5, 5.41) is 3.29. The van der Waals surface area contributed by atoms with Crippen molar-refractivity contribution in [2.45, 2.75) is 26.3 Å². The fourth-order valence-corrected chi connectivity index (χ4v) is 2.23. The highest BCUT2D eigenvalue weighted by molar-refractivity contribution is 5.76. The molecule has 0 bridgehead atoms. The lowest BCUT2D eigenvalue weighted by atomic mass is 10.0. The number of hydrogen-bond acceptors (Lipinski definition) is 3. The number of hydrogen-bond donors (Lipinski definition) is 1. The number of carbonyl (C=O) groups excluding carboxylic acids is 1. The van der Waals surface area contributed by atoms with E-state index in [-0.39, 0.29) is 5.91 Å². The molecule has 1 atom stereocenters. The van der Waals surface area contributed by atoms with Crippen molar-refractivity contribution in [1.82, 2.24) is 10.2 Å². The first-order valence-corrected chi connectivity index (χ1v) is 6.30. The summed E-state index contributed by atoms with van der Waals surface area (Å²) in [6, 6.07) is 3.77. The molecule has 0 aliphatic carbocycles. The Bertz CT molecular complexity index is 342. The van der Waals surface area contributed by atoms with E-state index in [0.717, 1.165) is 31.8 Å². The highest BCUT2D eigenvalue weighted by Gasteiger charge is 2.21. The number of rotatable bonds is 5. The van der Waals surface area contributed by atoms with E-state index in [1.54, 1.807) is 6.26 Å². The highest BCUT2D eigenvalue weighted by Crippen LogP contribution is 2.15. The Labute approximate surface area is 102 Å². The average Bonchev–Trinajstić information content (AvgIpc) is 2.97. The molecule has 17 heavy (non-hydrogen) atoms. The molecule has 1 aliphatic rings. The van der Waals surface area contributed by atoms with Gasteiger partial charge in [0, 0.05) is 13.0 Å². The monoisotopic (exact) mass is 236 g/mol. The van der Waals surface area contributed by atoms with E-state index in [4.69, 9.17) is 4.42 Å². The summed E-state index contributed by atoms with van der Waals surface area (Å²) in [5.74, 6) is 1.59. The molecule has 0 spiro atoms. The first kappa shape index (κ1) is 12.2. The summed E-state index contributed by atoms with van der Waals surface area (Å²) in [7, 11) is 0. The summed E-state index contributed by atoms with van der Waals surface area (Å²) < 4.78 is 5.28. The Hall–Kier alpha value is -1.29. The highest BCUT2D eigenvalue weighted by atomic mass is 16.3. The molecule has 1 aromatic rings. The zero-order valence-electron chi connectivity index (χ0n) is 10.3. The quantitative estimate of drug-likeness (QED) is 0.845. The maximum absolute atomic E-state index is 12.1. The van der Waals surface area contributed by atoms with Gasteiger partial charge in [-0.25, -0.2) is 0 Å². The standard InChI is InChI=1S/C13H20N2O2/c1-2-15(10-12-4-3-7-17-12)13(16)8-11-5-6-14-9-11/h3-4,7,11,14H,2,5-6,8-10H2,1H3. The van der Waals surface area contributed by atoms with Crippen LogP contribution in [0.4, 0.5) is 0 Å². The SMILES string of the molecule is CCN(Cc1ccco1)C(=O)CC1CCNC1. The normalized spacial score (nSPS) is 19.5. The van der Waals surface area contributed by atoms with Crippen molar-refractivity contribution in [2.75, 3.05) is 19.6 Å². The Kier molecular flexibility index (Phi) is 4.20. The lowest BCUT2D eigenvalue weighted by molar-refractivity contribution is -0.132. The lowest BCUT2D eigenvalue weighted by Crippen LogP contribution is -2.31. The molecule has 1 aliphatic heterocycles. The van der Waals surface area contributed by atoms with Crippen molar-refractivity contribution < 1.29 is 9.21 Å². The van der Waals surface area contributed by atoms with Gasteiger partial charge in [0.15, 0.2) is 0 Å². The molecule has 4 nitrogen and oxygen atoms in total. The second kappa shape index (κ2) is 5.87. The van der Waals surface area contributed by atoms with Crippen LogP contribution in [-0.2, 0) is 11.3 Å². The molecule has 1 N–H and O–H groups in total. The number of furan rings is 1. The second-order valence-electron chi connectivity index (χ2n) is 4.55. The van der Waals surface area contributed by atoms with Crippen LogP contribution in [-0.4, -0.2) is 30.4 Å². The molecular weight excluding hydrogens is 216 g/mol. The molecule has 0 radical (unpaired) electrons. The molecule has 2 heterocycles. The minimum absolute atomic E-state index is 0.234. The Morgan fingerprint density at radius 2 is 2.53 bits per heavy atom. The molecule has 0 saturated carbocycles. The van der Waals surface area contributed by atoms with Gasteiger partial charge in [0.25, 0.3) is 0 Å². The molecule has 2 rings (SSSR count). The Morgan fingerprint density at radius 1 is 1.65 bits per heavy atom. The summed E-state index contributed by atoms with van der Waals surface area (Å²) in [6.07, 6.45) is 3.42. The van der Waals surface area contributed by atoms with Crippen LogP contribution in [0.25, 0.3) is 0 Å². The van der Waals surface area contributed by atoms with Crippen LogP contribution in [0.2, 0.25) is 0 Å². The molecule has 1 saturated heterocycles. The zero-order chi connectivity index (χ0) is 12.1. The van der Waals surface area contributed by atoms with Gasteiger partial charge < -0.3 is 14.6 Å². The smallest absolute Gasteiger partial charge is 0.223 e. The first-order valence-electron chi connectivity index (χ1n) is 6.30. The van der Waals surface area contributed by atoms with E-state index in [1.807, 2.05) is 24.0 Å². The van der Waals surface area contributed by atoms with Gasteiger partial charge in [-0.3, -0.25) is 4.79 Å². The summed E-state index contributed by atoms with van der Waals surface area (Å²) in [6.45, 7) is 5.35. The van der Waals surface area contributed by atoms with Gasteiger partial charge in [0.05, 0.1) is 12.8 Å². The summed E-state index contributed by atoms with van der Waals surface area (Å²) in [4.78, 5) is 14.0. The minimum Gasteiger partial charge on any atom is -0.467 e. The van der Waals surface area contributed by atoms with Crippen LogP contribution >= 0.6 is 0 Å². The summed E-state index contributed by atoms with van der Waals surface area (Å²) in [5.41, 5.74) is 0. The molecular formula is C13H20N2O2. The van der Waals surface area contributed by atoms with Crippen LogP contribution in [0.15, 0.2) is 22.8 Å². The van der Waals surface area contributed by atoms with Gasteiger partial charge in [-0.1, -0.05) is 0 Å². The number of amides is 1. The third-order valence-corrected chi connectivity index (χ3v) is 3.29. The van der Waals surface area contributed by atoms with Crippen molar-refractivity contribution >= 4 is 5.91 Å². The number of nitrogens with one attached hydrogen (secondary N) is 1. The molecule has 1 aromatic heterocycles. The van der Waals surface area contributed by atoms with Gasteiger partial charge in [-0.15, -0.1) is 0 Å². The van der Waals surface area contributed by atoms with Gasteiger partial charge in [-0.2, -0.15) is 0 Å². The van der Waals surface area contributed by atoms with E-state index in [0.29, 0.717) is 18.9 Å². The lowest BCUT2D eigenvalue weighted by Gasteiger charge is -2.21. The largest absolute Gasteiger partial charge is 0.467 e. The molecule has 1 fully saturated rings.